The molecule has 4 nitrogen and oxygen atoms in total. The summed E-state index contributed by atoms with van der Waals surface area (Å²) >= 11 is 0. The summed E-state index contributed by atoms with van der Waals surface area (Å²) in [5, 5.41) is 8.41. The van der Waals surface area contributed by atoms with E-state index in [0.717, 1.165) is 31.7 Å². The molecule has 1 saturated heterocycles. The van der Waals surface area contributed by atoms with E-state index >= 15 is 0 Å². The van der Waals surface area contributed by atoms with Crippen LogP contribution in [0.5, 0.6) is 0 Å². The first-order chi connectivity index (χ1) is 6.99. The predicted octanol–water partition coefficient (Wildman–Crippen LogP) is 1.13. The van der Waals surface area contributed by atoms with Gasteiger partial charge in [-0.1, -0.05) is 13.8 Å². The summed E-state index contributed by atoms with van der Waals surface area (Å²) in [4.78, 5) is 23.5. The van der Waals surface area contributed by atoms with Crippen molar-refractivity contribution >= 4 is 11.9 Å². The van der Waals surface area contributed by atoms with E-state index in [0.29, 0.717) is 11.8 Å². The van der Waals surface area contributed by atoms with Gasteiger partial charge in [0.2, 0.25) is 5.91 Å². The van der Waals surface area contributed by atoms with E-state index in [2.05, 4.69) is 13.8 Å². The Morgan fingerprint density at radius 3 is 2.20 bits per heavy atom. The van der Waals surface area contributed by atoms with E-state index in [1.165, 1.54) is 0 Å². The molecule has 0 radical (unpaired) electrons. The Morgan fingerprint density at radius 2 is 1.73 bits per heavy atom. The van der Waals surface area contributed by atoms with Crippen LogP contribution >= 0.6 is 0 Å². The second-order valence-corrected chi connectivity index (χ2v) is 4.36. The Hall–Kier alpha value is -1.32. The molecular weight excluding hydrogens is 194 g/mol. The predicted molar refractivity (Wildman–Crippen MR) is 56.3 cm³/mol. The molecule has 0 bridgehead atoms. The van der Waals surface area contributed by atoms with Crippen molar-refractivity contribution < 1.29 is 14.7 Å². The zero-order valence-electron chi connectivity index (χ0n) is 9.14. The lowest BCUT2D eigenvalue weighted by molar-refractivity contribution is -0.132. The van der Waals surface area contributed by atoms with Crippen LogP contribution in [0.1, 0.15) is 20.3 Å². The van der Waals surface area contributed by atoms with E-state index < -0.39 is 5.97 Å². The zero-order valence-corrected chi connectivity index (χ0v) is 9.14. The van der Waals surface area contributed by atoms with Gasteiger partial charge in [-0.3, -0.25) is 4.79 Å². The molecule has 0 aromatic heterocycles. The van der Waals surface area contributed by atoms with E-state index in [1.807, 2.05) is 0 Å². The van der Waals surface area contributed by atoms with Gasteiger partial charge in [0.1, 0.15) is 0 Å². The number of carboxylic acids is 1. The SMILES string of the molecule is CC1CC(C)CN(C(=O)/C=C/C(=O)O)C1. The maximum Gasteiger partial charge on any atom is 0.328 e. The molecule has 0 aliphatic carbocycles. The summed E-state index contributed by atoms with van der Waals surface area (Å²) < 4.78 is 0. The average Bonchev–Trinajstić information content (AvgIpc) is 2.12. The summed E-state index contributed by atoms with van der Waals surface area (Å²) in [6.45, 7) is 5.67. The summed E-state index contributed by atoms with van der Waals surface area (Å²) in [6, 6.07) is 0. The number of hydrogen-bond donors (Lipinski definition) is 1. The molecule has 0 aromatic rings. The van der Waals surface area contributed by atoms with Crippen LogP contribution in [-0.4, -0.2) is 35.0 Å². The third kappa shape index (κ3) is 3.73. The van der Waals surface area contributed by atoms with Gasteiger partial charge in [-0.05, 0) is 18.3 Å². The maximum absolute atomic E-state index is 11.6. The summed E-state index contributed by atoms with van der Waals surface area (Å²) in [6.07, 6.45) is 3.16. The molecule has 1 amide bonds. The summed E-state index contributed by atoms with van der Waals surface area (Å²) in [5.74, 6) is -0.288. The first kappa shape index (κ1) is 11.8. The van der Waals surface area contributed by atoms with Crippen molar-refractivity contribution in [2.24, 2.45) is 11.8 Å². The standard InChI is InChI=1S/C11H17NO3/c1-8-5-9(2)7-12(6-8)10(13)3-4-11(14)15/h3-4,8-9H,5-7H2,1-2H3,(H,14,15)/b4-3+. The molecule has 1 rings (SSSR count). The van der Waals surface area contributed by atoms with Crippen LogP contribution < -0.4 is 0 Å². The first-order valence-electron chi connectivity index (χ1n) is 5.19. The van der Waals surface area contributed by atoms with Gasteiger partial charge in [0.25, 0.3) is 0 Å². The van der Waals surface area contributed by atoms with Crippen LogP contribution in [0.2, 0.25) is 0 Å². The lowest BCUT2D eigenvalue weighted by Crippen LogP contribution is -2.41. The molecule has 0 aromatic carbocycles. The van der Waals surface area contributed by atoms with Crippen LogP contribution in [0, 0.1) is 11.8 Å². The molecule has 4 heteroatoms. The van der Waals surface area contributed by atoms with Crippen LogP contribution in [-0.2, 0) is 9.59 Å². The Bertz CT molecular complexity index is 276. The number of likely N-dealkylation sites (tertiary alicyclic amines) is 1. The fraction of sp³-hybridized carbons (Fsp3) is 0.636. The second-order valence-electron chi connectivity index (χ2n) is 4.36. The van der Waals surface area contributed by atoms with Crippen molar-refractivity contribution in [2.75, 3.05) is 13.1 Å². The van der Waals surface area contributed by atoms with Gasteiger partial charge >= 0.3 is 5.97 Å². The molecular formula is C11H17NO3. The van der Waals surface area contributed by atoms with Crippen LogP contribution in [0.4, 0.5) is 0 Å². The highest BCUT2D eigenvalue weighted by Gasteiger charge is 2.23. The number of amides is 1. The molecule has 15 heavy (non-hydrogen) atoms. The molecule has 2 unspecified atom stereocenters. The minimum absolute atomic E-state index is 0.198. The minimum atomic E-state index is -1.08. The van der Waals surface area contributed by atoms with Crippen molar-refractivity contribution in [1.29, 1.82) is 0 Å². The Labute approximate surface area is 89.6 Å². The molecule has 1 heterocycles. The van der Waals surface area contributed by atoms with Crippen molar-refractivity contribution in [3.05, 3.63) is 12.2 Å². The van der Waals surface area contributed by atoms with Gasteiger partial charge in [0.15, 0.2) is 0 Å². The number of nitrogens with zero attached hydrogens (tertiary/aromatic N) is 1. The van der Waals surface area contributed by atoms with Gasteiger partial charge in [0, 0.05) is 25.2 Å². The van der Waals surface area contributed by atoms with E-state index in [-0.39, 0.29) is 5.91 Å². The minimum Gasteiger partial charge on any atom is -0.478 e. The fourth-order valence-electron chi connectivity index (χ4n) is 2.09. The number of rotatable bonds is 2. The lowest BCUT2D eigenvalue weighted by atomic mass is 9.92. The largest absolute Gasteiger partial charge is 0.478 e. The number of carboxylic acid groups (broad SMARTS) is 1. The number of carbonyl (C=O) groups excluding carboxylic acids is 1. The topological polar surface area (TPSA) is 57.6 Å². The number of piperidine rings is 1. The Morgan fingerprint density at radius 1 is 1.20 bits per heavy atom. The summed E-state index contributed by atoms with van der Waals surface area (Å²) in [5.41, 5.74) is 0. The van der Waals surface area contributed by atoms with Crippen molar-refractivity contribution in [1.82, 2.24) is 4.90 Å². The van der Waals surface area contributed by atoms with Crippen molar-refractivity contribution in [3.8, 4) is 0 Å². The second kappa shape index (κ2) is 4.96. The van der Waals surface area contributed by atoms with E-state index in [9.17, 15) is 9.59 Å². The highest BCUT2D eigenvalue weighted by molar-refractivity contribution is 5.93. The van der Waals surface area contributed by atoms with Crippen molar-refractivity contribution in [2.45, 2.75) is 20.3 Å². The van der Waals surface area contributed by atoms with Gasteiger partial charge in [0.05, 0.1) is 0 Å². The molecule has 1 aliphatic heterocycles. The van der Waals surface area contributed by atoms with Gasteiger partial charge in [-0.2, -0.15) is 0 Å². The highest BCUT2D eigenvalue weighted by atomic mass is 16.4. The monoisotopic (exact) mass is 211 g/mol. The quantitative estimate of drug-likeness (QED) is 0.697. The lowest BCUT2D eigenvalue weighted by Gasteiger charge is -2.34. The van der Waals surface area contributed by atoms with Gasteiger partial charge in [-0.25, -0.2) is 4.79 Å². The third-order valence-electron chi connectivity index (χ3n) is 2.55. The summed E-state index contributed by atoms with van der Waals surface area (Å²) in [7, 11) is 0. The highest BCUT2D eigenvalue weighted by Crippen LogP contribution is 2.20. The number of hydrogen-bond acceptors (Lipinski definition) is 2. The molecule has 84 valence electrons. The van der Waals surface area contributed by atoms with E-state index in [4.69, 9.17) is 5.11 Å². The van der Waals surface area contributed by atoms with Crippen LogP contribution in [0.15, 0.2) is 12.2 Å². The average molecular weight is 211 g/mol. The number of carbonyl (C=O) groups is 2. The fourth-order valence-corrected chi connectivity index (χ4v) is 2.09. The number of aliphatic carboxylic acids is 1. The first-order valence-corrected chi connectivity index (χ1v) is 5.19. The molecule has 1 N–H and O–H groups in total. The molecule has 1 fully saturated rings. The van der Waals surface area contributed by atoms with Gasteiger partial charge in [-0.15, -0.1) is 0 Å². The van der Waals surface area contributed by atoms with E-state index in [1.54, 1.807) is 4.90 Å². The molecule has 0 spiro atoms. The molecule has 0 saturated carbocycles. The van der Waals surface area contributed by atoms with Crippen molar-refractivity contribution in [3.63, 3.8) is 0 Å². The van der Waals surface area contributed by atoms with Gasteiger partial charge < -0.3 is 10.0 Å². The Kier molecular flexibility index (Phi) is 3.88. The maximum atomic E-state index is 11.6. The Balaban J connectivity index is 2.55. The molecule has 2 atom stereocenters. The van der Waals surface area contributed by atoms with Crippen LogP contribution in [0.25, 0.3) is 0 Å². The normalized spacial score (nSPS) is 26.9. The smallest absolute Gasteiger partial charge is 0.328 e. The van der Waals surface area contributed by atoms with Crippen LogP contribution in [0.3, 0.4) is 0 Å². The molecule has 1 aliphatic rings. The third-order valence-corrected chi connectivity index (χ3v) is 2.55. The zero-order chi connectivity index (χ0) is 11.4.